The highest BCUT2D eigenvalue weighted by atomic mass is 16.5. The van der Waals surface area contributed by atoms with Crippen molar-refractivity contribution in [3.63, 3.8) is 0 Å². The molecule has 2 atom stereocenters. The Bertz CT molecular complexity index is 417. The molecular weight excluding hydrogens is 266 g/mol. The summed E-state index contributed by atoms with van der Waals surface area (Å²) in [6.45, 7) is 7.02. The number of ether oxygens (including phenoxy) is 1. The van der Waals surface area contributed by atoms with E-state index in [0.717, 1.165) is 31.0 Å². The molecule has 21 heavy (non-hydrogen) atoms. The molecule has 5 heteroatoms. The molecule has 1 N–H and O–H groups in total. The summed E-state index contributed by atoms with van der Waals surface area (Å²) >= 11 is 0. The molecule has 2 rings (SSSR count). The molecule has 1 aliphatic rings. The van der Waals surface area contributed by atoms with E-state index in [1.807, 2.05) is 14.0 Å². The number of hydrogen-bond acceptors (Lipinski definition) is 5. The number of nitrogens with one attached hydrogen (secondary N) is 1. The maximum atomic E-state index is 6.06. The summed E-state index contributed by atoms with van der Waals surface area (Å²) in [5.41, 5.74) is -0.324. The molecule has 2 unspecified atom stereocenters. The first-order valence-electron chi connectivity index (χ1n) is 8.32. The van der Waals surface area contributed by atoms with Gasteiger partial charge in [-0.25, -0.2) is 0 Å². The highest BCUT2D eigenvalue weighted by Crippen LogP contribution is 2.39. The van der Waals surface area contributed by atoms with Gasteiger partial charge in [0.1, 0.15) is 5.60 Å². The van der Waals surface area contributed by atoms with Crippen molar-refractivity contribution in [1.29, 1.82) is 0 Å². The Balaban J connectivity index is 2.20. The molecular formula is C16H29N3O2. The standard InChI is InChI=1S/C16H29N3O2/c1-5-13(17-4)12(3)14-18-15(19-21-14)16(20-6-2)10-8-7-9-11-16/h12-13,17H,5-11H2,1-4H3. The van der Waals surface area contributed by atoms with E-state index in [9.17, 15) is 0 Å². The average molecular weight is 295 g/mol. The second-order valence-electron chi connectivity index (χ2n) is 6.04. The lowest BCUT2D eigenvalue weighted by atomic mass is 9.84. The molecule has 0 saturated heterocycles. The first-order valence-corrected chi connectivity index (χ1v) is 8.32. The molecule has 0 aromatic carbocycles. The van der Waals surface area contributed by atoms with Crippen LogP contribution in [0.4, 0.5) is 0 Å². The Hall–Kier alpha value is -0.940. The SMILES string of the molecule is CCOC1(c2noc(C(C)C(CC)NC)n2)CCCCC1. The fraction of sp³-hybridized carbons (Fsp3) is 0.875. The summed E-state index contributed by atoms with van der Waals surface area (Å²) in [5.74, 6) is 1.68. The van der Waals surface area contributed by atoms with Gasteiger partial charge >= 0.3 is 0 Å². The molecule has 1 heterocycles. The van der Waals surface area contributed by atoms with Gasteiger partial charge in [0, 0.05) is 12.6 Å². The smallest absolute Gasteiger partial charge is 0.231 e. The van der Waals surface area contributed by atoms with E-state index in [1.165, 1.54) is 19.3 Å². The minimum absolute atomic E-state index is 0.212. The molecule has 120 valence electrons. The molecule has 0 aliphatic heterocycles. The van der Waals surface area contributed by atoms with Crippen LogP contribution < -0.4 is 5.32 Å². The van der Waals surface area contributed by atoms with Crippen LogP contribution in [-0.2, 0) is 10.3 Å². The largest absolute Gasteiger partial charge is 0.367 e. The summed E-state index contributed by atoms with van der Waals surface area (Å²) < 4.78 is 11.6. The highest BCUT2D eigenvalue weighted by molar-refractivity contribution is 5.06. The zero-order valence-electron chi connectivity index (χ0n) is 13.8. The van der Waals surface area contributed by atoms with Crippen LogP contribution in [-0.4, -0.2) is 29.8 Å². The third kappa shape index (κ3) is 3.46. The van der Waals surface area contributed by atoms with Gasteiger partial charge < -0.3 is 14.6 Å². The molecule has 1 fully saturated rings. The fourth-order valence-corrected chi connectivity index (χ4v) is 3.42. The third-order valence-corrected chi connectivity index (χ3v) is 4.73. The van der Waals surface area contributed by atoms with Crippen molar-refractivity contribution in [2.75, 3.05) is 13.7 Å². The van der Waals surface area contributed by atoms with E-state index in [-0.39, 0.29) is 11.5 Å². The molecule has 1 aliphatic carbocycles. The van der Waals surface area contributed by atoms with Gasteiger partial charge in [-0.15, -0.1) is 0 Å². The van der Waals surface area contributed by atoms with Crippen molar-refractivity contribution in [3.8, 4) is 0 Å². The minimum atomic E-state index is -0.324. The molecule has 1 aromatic rings. The lowest BCUT2D eigenvalue weighted by molar-refractivity contribution is -0.0777. The van der Waals surface area contributed by atoms with Gasteiger partial charge in [0.2, 0.25) is 11.7 Å². The first-order chi connectivity index (χ1) is 10.2. The van der Waals surface area contributed by atoms with Crippen LogP contribution in [0.5, 0.6) is 0 Å². The number of nitrogens with zero attached hydrogens (tertiary/aromatic N) is 2. The van der Waals surface area contributed by atoms with Crippen LogP contribution in [0.15, 0.2) is 4.52 Å². The second kappa shape index (κ2) is 7.36. The van der Waals surface area contributed by atoms with Crippen molar-refractivity contribution in [2.24, 2.45) is 0 Å². The van der Waals surface area contributed by atoms with Crippen molar-refractivity contribution >= 4 is 0 Å². The van der Waals surface area contributed by atoms with Crippen LogP contribution in [0, 0.1) is 0 Å². The normalized spacial score (nSPS) is 21.1. The molecule has 0 radical (unpaired) electrons. The number of aromatic nitrogens is 2. The van der Waals surface area contributed by atoms with Crippen molar-refractivity contribution in [1.82, 2.24) is 15.5 Å². The fourth-order valence-electron chi connectivity index (χ4n) is 3.42. The van der Waals surface area contributed by atoms with Crippen LogP contribution >= 0.6 is 0 Å². The topological polar surface area (TPSA) is 60.2 Å². The Kier molecular flexibility index (Phi) is 5.76. The summed E-state index contributed by atoms with van der Waals surface area (Å²) in [7, 11) is 1.98. The first kappa shape index (κ1) is 16.4. The Morgan fingerprint density at radius 3 is 2.57 bits per heavy atom. The van der Waals surface area contributed by atoms with E-state index in [4.69, 9.17) is 14.2 Å². The van der Waals surface area contributed by atoms with Crippen LogP contribution in [0.3, 0.4) is 0 Å². The number of likely N-dealkylation sites (N-methyl/N-ethyl adjacent to an activating group) is 1. The highest BCUT2D eigenvalue weighted by Gasteiger charge is 2.39. The summed E-state index contributed by atoms with van der Waals surface area (Å²) in [4.78, 5) is 4.70. The van der Waals surface area contributed by atoms with Gasteiger partial charge in [-0.3, -0.25) is 0 Å². The minimum Gasteiger partial charge on any atom is -0.367 e. The van der Waals surface area contributed by atoms with Crippen molar-refractivity contribution in [3.05, 3.63) is 11.7 Å². The molecule has 1 aromatic heterocycles. The van der Waals surface area contributed by atoms with E-state index in [1.54, 1.807) is 0 Å². The van der Waals surface area contributed by atoms with Gasteiger partial charge in [0.05, 0.1) is 5.92 Å². The monoisotopic (exact) mass is 295 g/mol. The number of rotatable bonds is 7. The van der Waals surface area contributed by atoms with Crippen molar-refractivity contribution < 1.29 is 9.26 Å². The average Bonchev–Trinajstić information content (AvgIpc) is 3.00. The predicted octanol–water partition coefficient (Wildman–Crippen LogP) is 3.37. The van der Waals surface area contributed by atoms with Gasteiger partial charge in [0.15, 0.2) is 0 Å². The zero-order valence-corrected chi connectivity index (χ0v) is 13.8. The van der Waals surface area contributed by atoms with E-state index in [0.29, 0.717) is 12.6 Å². The van der Waals surface area contributed by atoms with Crippen molar-refractivity contribution in [2.45, 2.75) is 76.9 Å². The zero-order chi connectivity index (χ0) is 15.3. The van der Waals surface area contributed by atoms with Crippen LogP contribution in [0.25, 0.3) is 0 Å². The lowest BCUT2D eigenvalue weighted by Gasteiger charge is -2.34. The molecule has 5 nitrogen and oxygen atoms in total. The summed E-state index contributed by atoms with van der Waals surface area (Å²) in [6.07, 6.45) is 6.65. The summed E-state index contributed by atoms with van der Waals surface area (Å²) in [6, 6.07) is 0.354. The maximum Gasteiger partial charge on any atom is 0.231 e. The summed E-state index contributed by atoms with van der Waals surface area (Å²) in [5, 5.41) is 7.58. The van der Waals surface area contributed by atoms with Crippen LogP contribution in [0.1, 0.15) is 76.9 Å². The van der Waals surface area contributed by atoms with Gasteiger partial charge in [0.25, 0.3) is 0 Å². The predicted molar refractivity (Wildman–Crippen MR) is 82.2 cm³/mol. The molecule has 0 spiro atoms. The Labute approximate surface area is 127 Å². The molecule has 1 saturated carbocycles. The quantitative estimate of drug-likeness (QED) is 0.835. The number of hydrogen-bond donors (Lipinski definition) is 1. The molecule has 0 amide bonds. The van der Waals surface area contributed by atoms with Crippen LogP contribution in [0.2, 0.25) is 0 Å². The lowest BCUT2D eigenvalue weighted by Crippen LogP contribution is -2.34. The Morgan fingerprint density at radius 1 is 1.29 bits per heavy atom. The van der Waals surface area contributed by atoms with E-state index >= 15 is 0 Å². The maximum absolute atomic E-state index is 6.06. The van der Waals surface area contributed by atoms with E-state index < -0.39 is 0 Å². The van der Waals surface area contributed by atoms with Gasteiger partial charge in [-0.1, -0.05) is 38.3 Å². The Morgan fingerprint density at radius 2 is 2.00 bits per heavy atom. The second-order valence-corrected chi connectivity index (χ2v) is 6.04. The van der Waals surface area contributed by atoms with Gasteiger partial charge in [-0.2, -0.15) is 4.98 Å². The van der Waals surface area contributed by atoms with E-state index in [2.05, 4.69) is 24.3 Å². The van der Waals surface area contributed by atoms with Gasteiger partial charge in [-0.05, 0) is 33.2 Å². The molecule has 0 bridgehead atoms. The third-order valence-electron chi connectivity index (χ3n) is 4.73.